The van der Waals surface area contributed by atoms with Crippen molar-refractivity contribution in [2.45, 2.75) is 9.79 Å². The molecule has 0 radical (unpaired) electrons. The molecule has 0 unspecified atom stereocenters. The Morgan fingerprint density at radius 3 is 2.47 bits per heavy atom. The first-order valence-electron chi connectivity index (χ1n) is 5.36. The van der Waals surface area contributed by atoms with Gasteiger partial charge in [0.25, 0.3) is 5.69 Å². The highest BCUT2D eigenvalue weighted by Gasteiger charge is 2.16. The van der Waals surface area contributed by atoms with Crippen molar-refractivity contribution in [3.63, 3.8) is 0 Å². The molecule has 0 heterocycles. The molecule has 0 spiro atoms. The summed E-state index contributed by atoms with van der Waals surface area (Å²) in [5.41, 5.74) is 0.0271. The Morgan fingerprint density at radius 1 is 1.21 bits per heavy atom. The van der Waals surface area contributed by atoms with Gasteiger partial charge in [0.05, 0.1) is 23.0 Å². The van der Waals surface area contributed by atoms with E-state index < -0.39 is 4.92 Å². The number of nitro benzene ring substituents is 1. The lowest BCUT2D eigenvalue weighted by Gasteiger charge is -2.05. The van der Waals surface area contributed by atoms with Crippen molar-refractivity contribution in [3.8, 4) is 5.75 Å². The topological polar surface area (TPSA) is 52.4 Å². The molecule has 0 amide bonds. The van der Waals surface area contributed by atoms with Crippen molar-refractivity contribution in [1.82, 2.24) is 0 Å². The lowest BCUT2D eigenvalue weighted by atomic mass is 10.3. The van der Waals surface area contributed by atoms with Crippen molar-refractivity contribution < 1.29 is 9.66 Å². The summed E-state index contributed by atoms with van der Waals surface area (Å²) >= 11 is 7.12. The number of halogens is 1. The average Bonchev–Trinajstić information content (AvgIpc) is 2.41. The number of ether oxygens (including phenoxy) is 1. The van der Waals surface area contributed by atoms with Gasteiger partial charge in [-0.2, -0.15) is 0 Å². The van der Waals surface area contributed by atoms with E-state index in [1.165, 1.54) is 24.9 Å². The molecule has 0 saturated heterocycles. The van der Waals surface area contributed by atoms with Crippen molar-refractivity contribution in [3.05, 3.63) is 57.6 Å². The van der Waals surface area contributed by atoms with Gasteiger partial charge in [-0.1, -0.05) is 23.4 Å². The molecular weight excluding hydrogens is 286 g/mol. The molecule has 0 aliphatic heterocycles. The van der Waals surface area contributed by atoms with Gasteiger partial charge < -0.3 is 4.74 Å². The van der Waals surface area contributed by atoms with E-state index in [1.54, 1.807) is 24.3 Å². The predicted molar refractivity (Wildman–Crippen MR) is 75.2 cm³/mol. The minimum atomic E-state index is -0.416. The van der Waals surface area contributed by atoms with E-state index in [4.69, 9.17) is 16.3 Å². The third-order valence-electron chi connectivity index (χ3n) is 2.40. The van der Waals surface area contributed by atoms with Crippen LogP contribution in [0.5, 0.6) is 5.75 Å². The first-order valence-corrected chi connectivity index (χ1v) is 6.55. The molecule has 0 aromatic heterocycles. The number of nitrogens with zero attached hydrogens (tertiary/aromatic N) is 1. The van der Waals surface area contributed by atoms with Crippen LogP contribution in [0, 0.1) is 10.1 Å². The fourth-order valence-corrected chi connectivity index (χ4v) is 2.51. The zero-order valence-electron chi connectivity index (χ0n) is 10.00. The highest BCUT2D eigenvalue weighted by Crippen LogP contribution is 2.37. The van der Waals surface area contributed by atoms with E-state index in [-0.39, 0.29) is 5.69 Å². The van der Waals surface area contributed by atoms with Crippen LogP contribution in [0.2, 0.25) is 5.02 Å². The third kappa shape index (κ3) is 3.39. The lowest BCUT2D eigenvalue weighted by Crippen LogP contribution is -1.92. The summed E-state index contributed by atoms with van der Waals surface area (Å²) in [5.74, 6) is 0.465. The highest BCUT2D eigenvalue weighted by atomic mass is 35.5. The molecule has 6 heteroatoms. The number of benzene rings is 2. The maximum absolute atomic E-state index is 11.0. The van der Waals surface area contributed by atoms with Gasteiger partial charge in [0, 0.05) is 9.92 Å². The Hall–Kier alpha value is -1.72. The lowest BCUT2D eigenvalue weighted by molar-refractivity contribution is -0.387. The number of hydrogen-bond donors (Lipinski definition) is 0. The Kier molecular flexibility index (Phi) is 4.29. The van der Waals surface area contributed by atoms with Crippen LogP contribution in [-0.2, 0) is 0 Å². The fourth-order valence-electron chi connectivity index (χ4n) is 1.48. The molecule has 2 aromatic carbocycles. The summed E-state index contributed by atoms with van der Waals surface area (Å²) in [6, 6.07) is 11.9. The van der Waals surface area contributed by atoms with E-state index in [1.807, 2.05) is 12.1 Å². The van der Waals surface area contributed by atoms with E-state index >= 15 is 0 Å². The normalized spacial score (nSPS) is 10.2. The van der Waals surface area contributed by atoms with Crippen LogP contribution < -0.4 is 4.74 Å². The monoisotopic (exact) mass is 295 g/mol. The molecule has 0 N–H and O–H groups in total. The smallest absolute Gasteiger partial charge is 0.286 e. The minimum Gasteiger partial charge on any atom is -0.497 e. The molecule has 0 fully saturated rings. The zero-order valence-corrected chi connectivity index (χ0v) is 11.6. The van der Waals surface area contributed by atoms with Gasteiger partial charge in [0.2, 0.25) is 0 Å². The van der Waals surface area contributed by atoms with Crippen LogP contribution >= 0.6 is 23.4 Å². The van der Waals surface area contributed by atoms with E-state index in [0.717, 1.165) is 4.90 Å². The molecule has 2 rings (SSSR count). The van der Waals surface area contributed by atoms with Crippen LogP contribution in [0.4, 0.5) is 5.69 Å². The summed E-state index contributed by atoms with van der Waals surface area (Å²) in [6.45, 7) is 0. The van der Waals surface area contributed by atoms with Crippen LogP contribution in [0.25, 0.3) is 0 Å². The summed E-state index contributed by atoms with van der Waals surface area (Å²) in [4.78, 5) is 12.1. The van der Waals surface area contributed by atoms with Crippen LogP contribution in [-0.4, -0.2) is 12.0 Å². The van der Waals surface area contributed by atoms with E-state index in [0.29, 0.717) is 15.7 Å². The van der Waals surface area contributed by atoms with Gasteiger partial charge in [-0.25, -0.2) is 0 Å². The average molecular weight is 296 g/mol. The quantitative estimate of drug-likeness (QED) is 0.619. The van der Waals surface area contributed by atoms with Crippen LogP contribution in [0.1, 0.15) is 0 Å². The maximum atomic E-state index is 11.0. The molecule has 0 bridgehead atoms. The molecule has 0 aliphatic carbocycles. The highest BCUT2D eigenvalue weighted by molar-refractivity contribution is 7.99. The summed E-state index contributed by atoms with van der Waals surface area (Å²) in [6.07, 6.45) is 0. The second kappa shape index (κ2) is 5.95. The molecule has 98 valence electrons. The largest absolute Gasteiger partial charge is 0.497 e. The minimum absolute atomic E-state index is 0.0271. The molecular formula is C13H10ClNO3S. The molecule has 19 heavy (non-hydrogen) atoms. The van der Waals surface area contributed by atoms with Gasteiger partial charge in [0.1, 0.15) is 5.75 Å². The zero-order chi connectivity index (χ0) is 13.8. The van der Waals surface area contributed by atoms with E-state index in [2.05, 4.69) is 0 Å². The van der Waals surface area contributed by atoms with Crippen LogP contribution in [0.3, 0.4) is 0 Å². The summed E-state index contributed by atoms with van der Waals surface area (Å²) < 4.78 is 4.99. The number of hydrogen-bond acceptors (Lipinski definition) is 4. The Balaban J connectivity index is 2.33. The van der Waals surface area contributed by atoms with Crippen LogP contribution in [0.15, 0.2) is 52.3 Å². The molecule has 2 aromatic rings. The second-order valence-electron chi connectivity index (χ2n) is 3.65. The first-order chi connectivity index (χ1) is 9.10. The Morgan fingerprint density at radius 2 is 1.89 bits per heavy atom. The van der Waals surface area contributed by atoms with E-state index in [9.17, 15) is 10.1 Å². The maximum Gasteiger partial charge on any atom is 0.286 e. The summed E-state index contributed by atoms with van der Waals surface area (Å²) in [7, 11) is 1.48. The Bertz CT molecular complexity index is 601. The SMILES string of the molecule is COc1ccc(Sc2ccc(Cl)cc2)c([N+](=O)[O-])c1. The summed E-state index contributed by atoms with van der Waals surface area (Å²) in [5, 5.41) is 11.7. The van der Waals surface area contributed by atoms with Gasteiger partial charge in [0.15, 0.2) is 0 Å². The van der Waals surface area contributed by atoms with Gasteiger partial charge in [-0.3, -0.25) is 10.1 Å². The standard InChI is InChI=1S/C13H10ClNO3S/c1-18-10-4-7-13(12(8-10)15(16)17)19-11-5-2-9(14)3-6-11/h2-8H,1H3. The number of methoxy groups -OCH3 is 1. The van der Waals surface area contributed by atoms with Crippen molar-refractivity contribution >= 4 is 29.1 Å². The molecule has 0 atom stereocenters. The van der Waals surface area contributed by atoms with Gasteiger partial charge in [-0.05, 0) is 36.4 Å². The Labute approximate surface area is 119 Å². The number of rotatable bonds is 4. The van der Waals surface area contributed by atoms with Crippen molar-refractivity contribution in [1.29, 1.82) is 0 Å². The molecule has 0 saturated carbocycles. The molecule has 4 nitrogen and oxygen atoms in total. The fraction of sp³-hybridized carbons (Fsp3) is 0.0769. The predicted octanol–water partition coefficient (Wildman–Crippen LogP) is 4.41. The first kappa shape index (κ1) is 13.7. The third-order valence-corrected chi connectivity index (χ3v) is 3.73. The molecule has 0 aliphatic rings. The van der Waals surface area contributed by atoms with Crippen molar-refractivity contribution in [2.75, 3.05) is 7.11 Å². The number of nitro groups is 1. The van der Waals surface area contributed by atoms with Crippen molar-refractivity contribution in [2.24, 2.45) is 0 Å². The van der Waals surface area contributed by atoms with Gasteiger partial charge in [-0.15, -0.1) is 0 Å². The van der Waals surface area contributed by atoms with Gasteiger partial charge >= 0.3 is 0 Å². The second-order valence-corrected chi connectivity index (χ2v) is 5.20.